The van der Waals surface area contributed by atoms with Gasteiger partial charge in [0, 0.05) is 50.6 Å². The molecule has 0 saturated carbocycles. The molecule has 0 bridgehead atoms. The number of carbonyl (C=O) groups excluding carboxylic acids is 2. The molecule has 0 aliphatic carbocycles. The number of hydrogen-bond donors (Lipinski definition) is 1. The Hall–Kier alpha value is -2.32. The highest BCUT2D eigenvalue weighted by Gasteiger charge is 2.37. The van der Waals surface area contributed by atoms with Crippen LogP contribution in [0.25, 0.3) is 0 Å². The lowest BCUT2D eigenvalue weighted by Crippen LogP contribution is -2.45. The van der Waals surface area contributed by atoms with Crippen LogP contribution in [-0.2, 0) is 13.3 Å². The number of hydrogen-bond acceptors (Lipinski definition) is 5. The van der Waals surface area contributed by atoms with E-state index < -0.39 is 8.80 Å². The van der Waals surface area contributed by atoms with Crippen LogP contribution in [0.15, 0.2) is 54.6 Å². The summed E-state index contributed by atoms with van der Waals surface area (Å²) in [7, 11) is 1.89. The largest absolute Gasteiger partial charge is 0.501 e. The number of amides is 1. The van der Waals surface area contributed by atoms with Crippen molar-refractivity contribution in [3.63, 3.8) is 0 Å². The van der Waals surface area contributed by atoms with Crippen LogP contribution >= 0.6 is 0 Å². The summed E-state index contributed by atoms with van der Waals surface area (Å²) in [5, 5.41) is 2.81. The Kier molecular flexibility index (Phi) is 7.23. The van der Waals surface area contributed by atoms with Gasteiger partial charge in [-0.15, -0.1) is 0 Å². The second-order valence-electron chi connectivity index (χ2n) is 5.57. The summed E-state index contributed by atoms with van der Waals surface area (Å²) >= 11 is 0. The van der Waals surface area contributed by atoms with Crippen molar-refractivity contribution in [1.82, 2.24) is 5.32 Å². The van der Waals surface area contributed by atoms with E-state index in [1.165, 1.54) is 21.3 Å². The van der Waals surface area contributed by atoms with Crippen molar-refractivity contribution in [2.45, 2.75) is 6.04 Å². The summed E-state index contributed by atoms with van der Waals surface area (Å²) in [5.74, 6) is -0.302. The van der Waals surface area contributed by atoms with Crippen molar-refractivity contribution in [3.8, 4) is 0 Å². The molecule has 0 radical (unpaired) electrons. The Morgan fingerprint density at radius 3 is 1.85 bits per heavy atom. The first-order chi connectivity index (χ1) is 12.5. The minimum atomic E-state index is -2.71. The molecule has 0 aromatic heterocycles. The van der Waals surface area contributed by atoms with Crippen LogP contribution in [0.5, 0.6) is 0 Å². The Morgan fingerprint density at radius 2 is 1.31 bits per heavy atom. The van der Waals surface area contributed by atoms with Gasteiger partial charge < -0.3 is 18.6 Å². The van der Waals surface area contributed by atoms with Crippen molar-refractivity contribution in [3.05, 3.63) is 71.3 Å². The highest BCUT2D eigenvalue weighted by molar-refractivity contribution is 6.60. The molecule has 0 atom stereocenters. The maximum Gasteiger partial charge on any atom is 0.501 e. The predicted molar refractivity (Wildman–Crippen MR) is 100 cm³/mol. The molecule has 0 heterocycles. The Bertz CT molecular complexity index is 721. The molecule has 0 aliphatic heterocycles. The third kappa shape index (κ3) is 4.86. The van der Waals surface area contributed by atoms with Gasteiger partial charge in [-0.25, -0.2) is 0 Å². The standard InChI is InChI=1S/C19H23NO5Si/c1-23-26(24-2,25-3)14-13-20-19(22)17-11-9-16(10-12-17)18(21)15-7-5-4-6-8-15/h4-12H,13-14H2,1-3H3,(H,20,22). The summed E-state index contributed by atoms with van der Waals surface area (Å²) in [6.45, 7) is 0.366. The Balaban J connectivity index is 1.95. The van der Waals surface area contributed by atoms with E-state index in [2.05, 4.69) is 5.32 Å². The molecule has 0 spiro atoms. The van der Waals surface area contributed by atoms with E-state index in [4.69, 9.17) is 13.3 Å². The molecular formula is C19H23NO5Si. The highest BCUT2D eigenvalue weighted by atomic mass is 28.4. The van der Waals surface area contributed by atoms with E-state index in [1.807, 2.05) is 18.2 Å². The van der Waals surface area contributed by atoms with Gasteiger partial charge in [0.2, 0.25) is 0 Å². The maximum atomic E-state index is 12.4. The lowest BCUT2D eigenvalue weighted by molar-refractivity contribution is 0.0947. The van der Waals surface area contributed by atoms with Crippen molar-refractivity contribution < 1.29 is 22.9 Å². The van der Waals surface area contributed by atoms with Gasteiger partial charge >= 0.3 is 8.80 Å². The second-order valence-corrected chi connectivity index (χ2v) is 8.66. The second kappa shape index (κ2) is 9.40. The maximum absolute atomic E-state index is 12.4. The molecule has 1 N–H and O–H groups in total. The topological polar surface area (TPSA) is 73.9 Å². The van der Waals surface area contributed by atoms with Crippen molar-refractivity contribution in [2.24, 2.45) is 0 Å². The zero-order valence-corrected chi connectivity index (χ0v) is 16.2. The predicted octanol–water partition coefficient (Wildman–Crippen LogP) is 2.53. The average Bonchev–Trinajstić information content (AvgIpc) is 2.71. The summed E-state index contributed by atoms with van der Waals surface area (Å²) < 4.78 is 15.9. The SMILES string of the molecule is CO[Si](CCNC(=O)c1ccc(C(=O)c2ccccc2)cc1)(OC)OC. The van der Waals surface area contributed by atoms with E-state index in [-0.39, 0.29) is 11.7 Å². The lowest BCUT2D eigenvalue weighted by Gasteiger charge is -2.24. The third-order valence-corrected chi connectivity index (χ3v) is 6.82. The minimum Gasteiger partial charge on any atom is -0.377 e. The molecule has 0 aliphatic rings. The molecule has 2 rings (SSSR count). The number of ketones is 1. The first kappa shape index (κ1) is 20.0. The highest BCUT2D eigenvalue weighted by Crippen LogP contribution is 2.13. The van der Waals surface area contributed by atoms with Gasteiger partial charge in [-0.3, -0.25) is 9.59 Å². The zero-order valence-electron chi connectivity index (χ0n) is 15.2. The summed E-state index contributed by atoms with van der Waals surface area (Å²) in [6, 6.07) is 16.1. The van der Waals surface area contributed by atoms with Crippen molar-refractivity contribution in [2.75, 3.05) is 27.9 Å². The van der Waals surface area contributed by atoms with E-state index in [9.17, 15) is 9.59 Å². The van der Waals surface area contributed by atoms with E-state index in [1.54, 1.807) is 36.4 Å². The molecule has 2 aromatic carbocycles. The third-order valence-electron chi connectivity index (χ3n) is 4.10. The van der Waals surface area contributed by atoms with Gasteiger partial charge in [-0.05, 0) is 12.1 Å². The Labute approximate surface area is 154 Å². The smallest absolute Gasteiger partial charge is 0.377 e. The molecular weight excluding hydrogens is 350 g/mol. The fourth-order valence-electron chi connectivity index (χ4n) is 2.52. The molecule has 1 amide bonds. The summed E-state index contributed by atoms with van der Waals surface area (Å²) in [6.07, 6.45) is 0. The van der Waals surface area contributed by atoms with Crippen molar-refractivity contribution >= 4 is 20.5 Å². The fraction of sp³-hybridized carbons (Fsp3) is 0.263. The van der Waals surface area contributed by atoms with Crippen LogP contribution < -0.4 is 5.32 Å². The van der Waals surface area contributed by atoms with Gasteiger partial charge in [0.15, 0.2) is 5.78 Å². The van der Waals surface area contributed by atoms with Gasteiger partial charge in [0.1, 0.15) is 0 Å². The molecule has 138 valence electrons. The van der Waals surface area contributed by atoms with E-state index >= 15 is 0 Å². The number of carbonyl (C=O) groups is 2. The summed E-state index contributed by atoms with van der Waals surface area (Å²) in [5.41, 5.74) is 1.64. The molecule has 0 unspecified atom stereocenters. The molecule has 26 heavy (non-hydrogen) atoms. The monoisotopic (exact) mass is 373 g/mol. The van der Waals surface area contributed by atoms with Crippen LogP contribution in [0.1, 0.15) is 26.3 Å². The quantitative estimate of drug-likeness (QED) is 0.540. The van der Waals surface area contributed by atoms with Crippen LogP contribution in [0.2, 0.25) is 6.04 Å². The zero-order chi connectivity index (χ0) is 19.0. The number of rotatable bonds is 9. The first-order valence-corrected chi connectivity index (χ1v) is 10.1. The lowest BCUT2D eigenvalue weighted by atomic mass is 10.0. The first-order valence-electron chi connectivity index (χ1n) is 8.18. The van der Waals surface area contributed by atoms with Crippen LogP contribution in [0, 0.1) is 0 Å². The van der Waals surface area contributed by atoms with Gasteiger partial charge in [0.25, 0.3) is 5.91 Å². The van der Waals surface area contributed by atoms with E-state index in [0.29, 0.717) is 29.3 Å². The van der Waals surface area contributed by atoms with Gasteiger partial charge in [-0.2, -0.15) is 0 Å². The molecule has 6 nitrogen and oxygen atoms in total. The fourth-order valence-corrected chi connectivity index (χ4v) is 4.06. The van der Waals surface area contributed by atoms with Crippen LogP contribution in [0.3, 0.4) is 0 Å². The van der Waals surface area contributed by atoms with E-state index in [0.717, 1.165) is 0 Å². The number of nitrogens with one attached hydrogen (secondary N) is 1. The minimum absolute atomic E-state index is 0.0753. The number of benzene rings is 2. The molecule has 7 heteroatoms. The molecule has 2 aromatic rings. The van der Waals surface area contributed by atoms with Crippen LogP contribution in [0.4, 0.5) is 0 Å². The molecule has 0 saturated heterocycles. The summed E-state index contributed by atoms with van der Waals surface area (Å²) in [4.78, 5) is 24.6. The average molecular weight is 373 g/mol. The molecule has 0 fully saturated rings. The normalized spacial score (nSPS) is 11.2. The Morgan fingerprint density at radius 1 is 0.808 bits per heavy atom. The van der Waals surface area contributed by atoms with Gasteiger partial charge in [-0.1, -0.05) is 42.5 Å². The van der Waals surface area contributed by atoms with Crippen molar-refractivity contribution in [1.29, 1.82) is 0 Å². The van der Waals surface area contributed by atoms with Gasteiger partial charge in [0.05, 0.1) is 0 Å². The van der Waals surface area contributed by atoms with Crippen LogP contribution in [-0.4, -0.2) is 48.4 Å².